The topological polar surface area (TPSA) is 61.8 Å². The van der Waals surface area contributed by atoms with Crippen molar-refractivity contribution in [3.63, 3.8) is 0 Å². The zero-order valence-electron chi connectivity index (χ0n) is 16.6. The van der Waals surface area contributed by atoms with Gasteiger partial charge in [0.05, 0.1) is 18.3 Å². The van der Waals surface area contributed by atoms with Gasteiger partial charge in [-0.2, -0.15) is 0 Å². The number of hydrogen-bond acceptors (Lipinski definition) is 4. The Bertz CT molecular complexity index is 624. The van der Waals surface area contributed by atoms with Crippen molar-refractivity contribution in [3.8, 4) is 0 Å². The molecule has 144 valence electrons. The predicted octanol–water partition coefficient (Wildman–Crippen LogP) is 2.55. The van der Waals surface area contributed by atoms with E-state index in [1.54, 1.807) is 0 Å². The number of ether oxygens (including phenoxy) is 1. The van der Waals surface area contributed by atoms with Crippen LogP contribution in [0.15, 0.2) is 23.2 Å². The summed E-state index contributed by atoms with van der Waals surface area (Å²) < 4.78 is 6.01. The van der Waals surface area contributed by atoms with Gasteiger partial charge in [0.15, 0.2) is 5.96 Å². The van der Waals surface area contributed by atoms with Gasteiger partial charge in [-0.25, -0.2) is 4.98 Å². The molecule has 1 heterocycles. The fourth-order valence-corrected chi connectivity index (χ4v) is 4.44. The van der Waals surface area contributed by atoms with Crippen LogP contribution in [0.1, 0.15) is 44.7 Å². The monoisotopic (exact) mass is 359 g/mol. The highest BCUT2D eigenvalue weighted by Gasteiger charge is 2.56. The molecule has 2 aliphatic carbocycles. The first kappa shape index (κ1) is 19.0. The lowest BCUT2D eigenvalue weighted by molar-refractivity contribution is -0.125. The zero-order valence-corrected chi connectivity index (χ0v) is 16.6. The van der Waals surface area contributed by atoms with Crippen LogP contribution in [0.5, 0.6) is 0 Å². The summed E-state index contributed by atoms with van der Waals surface area (Å²) in [6.07, 6.45) is 6.63. The molecule has 0 aromatic carbocycles. The van der Waals surface area contributed by atoms with Crippen molar-refractivity contribution in [2.45, 2.75) is 57.7 Å². The van der Waals surface area contributed by atoms with E-state index in [0.717, 1.165) is 30.5 Å². The third kappa shape index (κ3) is 3.80. The molecule has 0 bridgehead atoms. The third-order valence-electron chi connectivity index (χ3n) is 5.91. The summed E-state index contributed by atoms with van der Waals surface area (Å²) in [6, 6.07) is 6.55. The summed E-state index contributed by atoms with van der Waals surface area (Å²) in [5, 5.41) is 7.07. The first-order valence-electron chi connectivity index (χ1n) is 9.81. The number of aromatic nitrogens is 1. The van der Waals surface area contributed by atoms with Crippen molar-refractivity contribution >= 4 is 11.8 Å². The fraction of sp³-hybridized carbons (Fsp3) is 0.700. The molecule has 6 heteroatoms. The first-order valence-corrected chi connectivity index (χ1v) is 9.81. The van der Waals surface area contributed by atoms with E-state index in [4.69, 9.17) is 4.74 Å². The Morgan fingerprint density at radius 3 is 2.77 bits per heavy atom. The van der Waals surface area contributed by atoms with Crippen molar-refractivity contribution in [1.82, 2.24) is 15.6 Å². The van der Waals surface area contributed by atoms with E-state index >= 15 is 0 Å². The molecule has 1 aromatic heterocycles. The maximum absolute atomic E-state index is 6.01. The molecule has 26 heavy (non-hydrogen) atoms. The molecule has 2 saturated carbocycles. The van der Waals surface area contributed by atoms with E-state index in [9.17, 15) is 0 Å². The highest BCUT2D eigenvalue weighted by atomic mass is 16.5. The zero-order chi connectivity index (χ0) is 18.6. The van der Waals surface area contributed by atoms with Gasteiger partial charge in [0, 0.05) is 39.2 Å². The van der Waals surface area contributed by atoms with E-state index in [0.29, 0.717) is 24.1 Å². The van der Waals surface area contributed by atoms with Gasteiger partial charge in [0.2, 0.25) is 0 Å². The van der Waals surface area contributed by atoms with Crippen LogP contribution in [0.4, 0.5) is 5.82 Å². The quantitative estimate of drug-likeness (QED) is 0.604. The van der Waals surface area contributed by atoms with Gasteiger partial charge < -0.3 is 20.3 Å². The van der Waals surface area contributed by atoms with Crippen molar-refractivity contribution in [2.24, 2.45) is 10.4 Å². The average Bonchev–Trinajstić information content (AvgIpc) is 3.16. The maximum Gasteiger partial charge on any atom is 0.191 e. The molecule has 2 atom stereocenters. The summed E-state index contributed by atoms with van der Waals surface area (Å²) in [4.78, 5) is 11.1. The fourth-order valence-electron chi connectivity index (χ4n) is 4.44. The molecule has 0 aliphatic heterocycles. The van der Waals surface area contributed by atoms with E-state index < -0.39 is 0 Å². The standard InChI is InChI=1S/C20H33N5O/c1-5-26-17-13-16(20(17)11-6-7-12-20)24-19(21-2)22-14-15-9-8-10-18(23-15)25(3)4/h8-10,16-17H,5-7,11-14H2,1-4H3,(H2,21,22,24). The molecule has 0 amide bonds. The van der Waals surface area contributed by atoms with Gasteiger partial charge in [-0.3, -0.25) is 4.99 Å². The van der Waals surface area contributed by atoms with Crippen LogP contribution >= 0.6 is 0 Å². The Balaban J connectivity index is 1.58. The van der Waals surface area contributed by atoms with Gasteiger partial charge in [-0.1, -0.05) is 18.9 Å². The Morgan fingerprint density at radius 2 is 2.12 bits per heavy atom. The molecule has 2 unspecified atom stereocenters. The summed E-state index contributed by atoms with van der Waals surface area (Å²) in [6.45, 7) is 3.56. The van der Waals surface area contributed by atoms with Gasteiger partial charge in [0.1, 0.15) is 5.82 Å². The maximum atomic E-state index is 6.01. The van der Waals surface area contributed by atoms with Crippen LogP contribution < -0.4 is 15.5 Å². The number of anilines is 1. The molecule has 6 nitrogen and oxygen atoms in total. The van der Waals surface area contributed by atoms with E-state index in [1.807, 2.05) is 44.2 Å². The van der Waals surface area contributed by atoms with Gasteiger partial charge in [-0.15, -0.1) is 0 Å². The van der Waals surface area contributed by atoms with Crippen LogP contribution in [-0.2, 0) is 11.3 Å². The molecule has 2 aliphatic rings. The number of guanidine groups is 1. The summed E-state index contributed by atoms with van der Waals surface area (Å²) >= 11 is 0. The second kappa shape index (κ2) is 8.25. The molecule has 1 spiro atoms. The molecule has 1 aromatic rings. The van der Waals surface area contributed by atoms with Crippen LogP contribution in [0, 0.1) is 5.41 Å². The minimum atomic E-state index is 0.302. The lowest BCUT2D eigenvalue weighted by atomic mass is 9.60. The Kier molecular flexibility index (Phi) is 6.01. The molecular weight excluding hydrogens is 326 g/mol. The number of hydrogen-bond donors (Lipinski definition) is 2. The Morgan fingerprint density at radius 1 is 1.35 bits per heavy atom. The lowest BCUT2D eigenvalue weighted by Gasteiger charge is -2.54. The van der Waals surface area contributed by atoms with E-state index in [-0.39, 0.29) is 0 Å². The van der Waals surface area contributed by atoms with Gasteiger partial charge in [-0.05, 0) is 38.3 Å². The molecule has 0 saturated heterocycles. The second-order valence-electron chi connectivity index (χ2n) is 7.62. The third-order valence-corrected chi connectivity index (χ3v) is 5.91. The van der Waals surface area contributed by atoms with Crippen LogP contribution in [0.25, 0.3) is 0 Å². The lowest BCUT2D eigenvalue weighted by Crippen LogP contribution is -2.65. The number of aliphatic imine (C=N–C) groups is 1. The van der Waals surface area contributed by atoms with Crippen molar-refractivity contribution < 1.29 is 4.74 Å². The van der Waals surface area contributed by atoms with Crippen LogP contribution in [0.3, 0.4) is 0 Å². The Hall–Kier alpha value is -1.82. The summed E-state index contributed by atoms with van der Waals surface area (Å²) in [7, 11) is 5.85. The molecule has 0 radical (unpaired) electrons. The van der Waals surface area contributed by atoms with Crippen molar-refractivity contribution in [3.05, 3.63) is 23.9 Å². The average molecular weight is 360 g/mol. The van der Waals surface area contributed by atoms with Gasteiger partial charge in [0.25, 0.3) is 0 Å². The minimum absolute atomic E-state index is 0.302. The van der Waals surface area contributed by atoms with E-state index in [2.05, 4.69) is 27.5 Å². The largest absolute Gasteiger partial charge is 0.378 e. The SMILES string of the molecule is CCOC1CC(NC(=NC)NCc2cccc(N(C)C)n2)C12CCCC2. The van der Waals surface area contributed by atoms with Crippen LogP contribution in [0.2, 0.25) is 0 Å². The van der Waals surface area contributed by atoms with E-state index in [1.165, 1.54) is 25.7 Å². The number of rotatable bonds is 6. The van der Waals surface area contributed by atoms with Crippen molar-refractivity contribution in [2.75, 3.05) is 32.6 Å². The number of nitrogens with one attached hydrogen (secondary N) is 2. The second-order valence-corrected chi connectivity index (χ2v) is 7.62. The van der Waals surface area contributed by atoms with Crippen molar-refractivity contribution in [1.29, 1.82) is 0 Å². The molecule has 2 N–H and O–H groups in total. The predicted molar refractivity (Wildman–Crippen MR) is 107 cm³/mol. The first-order chi connectivity index (χ1) is 12.6. The normalized spacial score (nSPS) is 24.4. The van der Waals surface area contributed by atoms with Gasteiger partial charge >= 0.3 is 0 Å². The summed E-state index contributed by atoms with van der Waals surface area (Å²) in [5.74, 6) is 1.82. The molecular formula is C20H33N5O. The smallest absolute Gasteiger partial charge is 0.191 e. The Labute approximate surface area is 157 Å². The highest BCUT2D eigenvalue weighted by molar-refractivity contribution is 5.80. The molecule has 3 rings (SSSR count). The summed E-state index contributed by atoms with van der Waals surface area (Å²) in [5.41, 5.74) is 1.31. The highest BCUT2D eigenvalue weighted by Crippen LogP contribution is 2.54. The molecule has 2 fully saturated rings. The number of pyridine rings is 1. The number of nitrogens with zero attached hydrogens (tertiary/aromatic N) is 3. The minimum Gasteiger partial charge on any atom is -0.378 e. The van der Waals surface area contributed by atoms with Crippen LogP contribution in [-0.4, -0.2) is 50.8 Å².